The minimum absolute atomic E-state index is 0.231. The lowest BCUT2D eigenvalue weighted by Gasteiger charge is -2.15. The second-order valence-electron chi connectivity index (χ2n) is 6.03. The van der Waals surface area contributed by atoms with E-state index >= 15 is 0 Å². The summed E-state index contributed by atoms with van der Waals surface area (Å²) in [7, 11) is 0. The smallest absolute Gasteiger partial charge is 0.349 e. The summed E-state index contributed by atoms with van der Waals surface area (Å²) >= 11 is 6.04. The number of hydrogen-bond acceptors (Lipinski definition) is 6. The van der Waals surface area contributed by atoms with E-state index in [0.717, 1.165) is 0 Å². The zero-order valence-corrected chi connectivity index (χ0v) is 16.5. The third-order valence-electron chi connectivity index (χ3n) is 3.99. The van der Waals surface area contributed by atoms with Gasteiger partial charge in [-0.25, -0.2) is 9.59 Å². The highest BCUT2D eigenvalue weighted by Gasteiger charge is 2.17. The molecule has 1 N–H and O–H groups in total. The van der Waals surface area contributed by atoms with Crippen molar-refractivity contribution in [2.75, 3.05) is 6.61 Å². The molecule has 150 valence electrons. The van der Waals surface area contributed by atoms with Gasteiger partial charge in [0.15, 0.2) is 6.10 Å². The van der Waals surface area contributed by atoms with Crippen molar-refractivity contribution in [2.24, 2.45) is 5.10 Å². The quantitative estimate of drug-likeness (QED) is 0.492. The fourth-order valence-electron chi connectivity index (χ4n) is 2.60. The Balaban J connectivity index is 1.98. The average Bonchev–Trinajstić information content (AvgIpc) is 2.69. The largest absolute Gasteiger partial charge is 0.478 e. The van der Waals surface area contributed by atoms with Crippen molar-refractivity contribution in [2.45, 2.75) is 20.0 Å². The van der Waals surface area contributed by atoms with E-state index < -0.39 is 23.3 Å². The molecule has 0 spiro atoms. The number of aromatic nitrogens is 2. The number of hydrogen-bond donors (Lipinski definition) is 1. The molecule has 0 amide bonds. The number of benzene rings is 2. The second-order valence-corrected chi connectivity index (χ2v) is 6.47. The molecule has 0 saturated carbocycles. The van der Waals surface area contributed by atoms with Crippen molar-refractivity contribution in [1.29, 1.82) is 0 Å². The lowest BCUT2D eigenvalue weighted by molar-refractivity contribution is -0.150. The molecule has 0 unspecified atom stereocenters. The number of para-hydroxylation sites is 1. The van der Waals surface area contributed by atoms with E-state index in [1.165, 1.54) is 6.21 Å². The number of H-pyrrole nitrogens is 1. The predicted octanol–water partition coefficient (Wildman–Crippen LogP) is 2.56. The maximum Gasteiger partial charge on any atom is 0.349 e. The number of carbonyl (C=O) groups excluding carboxylic acids is 1. The molecule has 0 bridgehead atoms. The van der Waals surface area contributed by atoms with Gasteiger partial charge in [0.2, 0.25) is 0 Å². The Kier molecular flexibility index (Phi) is 6.13. The summed E-state index contributed by atoms with van der Waals surface area (Å²) in [4.78, 5) is 39.2. The first-order chi connectivity index (χ1) is 13.9. The molecule has 0 aliphatic carbocycles. The molecule has 0 fully saturated rings. The van der Waals surface area contributed by atoms with Crippen LogP contribution in [0.4, 0.5) is 0 Å². The van der Waals surface area contributed by atoms with Crippen LogP contribution in [0.1, 0.15) is 19.4 Å². The minimum atomic E-state index is -0.866. The molecule has 3 aromatic rings. The van der Waals surface area contributed by atoms with Crippen LogP contribution in [0.2, 0.25) is 5.02 Å². The molecule has 1 aromatic heterocycles. The molecule has 8 nitrogen and oxygen atoms in total. The van der Waals surface area contributed by atoms with E-state index in [-0.39, 0.29) is 6.61 Å². The third-order valence-corrected chi connectivity index (χ3v) is 4.23. The van der Waals surface area contributed by atoms with E-state index in [4.69, 9.17) is 21.1 Å². The molecule has 0 aliphatic rings. The monoisotopic (exact) mass is 415 g/mol. The summed E-state index contributed by atoms with van der Waals surface area (Å²) in [5.74, 6) is -0.225. The Morgan fingerprint density at radius 1 is 1.28 bits per heavy atom. The zero-order valence-electron chi connectivity index (χ0n) is 15.7. The molecule has 1 atom stereocenters. The van der Waals surface area contributed by atoms with Crippen LogP contribution in [-0.2, 0) is 9.53 Å². The summed E-state index contributed by atoms with van der Waals surface area (Å²) in [6.45, 7) is 3.48. The molecule has 9 heteroatoms. The number of esters is 1. The standard InChI is InChI=1S/C20H18ClN3O5/c1-3-28-19(26)12(2)29-17-9-8-14(21)10-13(17)11-22-24-18(25)15-6-4-5-7-16(15)23-20(24)27/h4-12H,3H2,1-2H3,(H,23,27)/t12-/m1/s1. The number of nitrogens with zero attached hydrogens (tertiary/aromatic N) is 2. The Labute approximate surface area is 170 Å². The normalized spacial score (nSPS) is 12.2. The Morgan fingerprint density at radius 2 is 2.03 bits per heavy atom. The fourth-order valence-corrected chi connectivity index (χ4v) is 2.78. The van der Waals surface area contributed by atoms with Gasteiger partial charge < -0.3 is 14.5 Å². The van der Waals surface area contributed by atoms with E-state index in [2.05, 4.69) is 10.1 Å². The highest BCUT2D eigenvalue weighted by Crippen LogP contribution is 2.23. The number of halogens is 1. The van der Waals surface area contributed by atoms with Gasteiger partial charge in [0.05, 0.1) is 23.7 Å². The maximum atomic E-state index is 12.6. The summed E-state index contributed by atoms with van der Waals surface area (Å²) in [6.07, 6.45) is 0.403. The van der Waals surface area contributed by atoms with Crippen LogP contribution >= 0.6 is 11.6 Å². The van der Waals surface area contributed by atoms with Crippen LogP contribution in [0.25, 0.3) is 10.9 Å². The Hall–Kier alpha value is -3.39. The topological polar surface area (TPSA) is 103 Å². The van der Waals surface area contributed by atoms with Crippen LogP contribution in [0.3, 0.4) is 0 Å². The third kappa shape index (κ3) is 4.55. The molecule has 2 aromatic carbocycles. The van der Waals surface area contributed by atoms with Gasteiger partial charge in [-0.05, 0) is 44.2 Å². The van der Waals surface area contributed by atoms with E-state index in [1.54, 1.807) is 56.3 Å². The second kappa shape index (κ2) is 8.74. The van der Waals surface area contributed by atoms with Gasteiger partial charge in [0.25, 0.3) is 5.56 Å². The van der Waals surface area contributed by atoms with Gasteiger partial charge in [-0.15, -0.1) is 4.68 Å². The lowest BCUT2D eigenvalue weighted by Crippen LogP contribution is -2.32. The summed E-state index contributed by atoms with van der Waals surface area (Å²) < 4.78 is 11.3. The van der Waals surface area contributed by atoms with Crippen LogP contribution in [0.5, 0.6) is 5.75 Å². The molecule has 1 heterocycles. The van der Waals surface area contributed by atoms with Crippen LogP contribution in [-0.4, -0.2) is 34.6 Å². The fraction of sp³-hybridized carbons (Fsp3) is 0.200. The van der Waals surface area contributed by atoms with Crippen molar-refractivity contribution >= 4 is 34.7 Å². The summed E-state index contributed by atoms with van der Waals surface area (Å²) in [6, 6.07) is 11.3. The molecule has 3 rings (SSSR count). The van der Waals surface area contributed by atoms with Gasteiger partial charge in [0, 0.05) is 10.6 Å². The molecule has 0 saturated heterocycles. The van der Waals surface area contributed by atoms with E-state index in [1.807, 2.05) is 0 Å². The van der Waals surface area contributed by atoms with Gasteiger partial charge in [-0.1, -0.05) is 23.7 Å². The highest BCUT2D eigenvalue weighted by atomic mass is 35.5. The Morgan fingerprint density at radius 3 is 2.79 bits per heavy atom. The maximum absolute atomic E-state index is 12.6. The van der Waals surface area contributed by atoms with Crippen molar-refractivity contribution in [3.05, 3.63) is 73.9 Å². The van der Waals surface area contributed by atoms with Crippen LogP contribution in [0.15, 0.2) is 57.2 Å². The van der Waals surface area contributed by atoms with Gasteiger partial charge >= 0.3 is 11.7 Å². The molecular weight excluding hydrogens is 398 g/mol. The first-order valence-corrected chi connectivity index (χ1v) is 9.19. The average molecular weight is 416 g/mol. The molecule has 0 aliphatic heterocycles. The van der Waals surface area contributed by atoms with Gasteiger partial charge in [0.1, 0.15) is 5.75 Å². The lowest BCUT2D eigenvalue weighted by atomic mass is 10.2. The minimum Gasteiger partial charge on any atom is -0.478 e. The van der Waals surface area contributed by atoms with Crippen molar-refractivity contribution in [3.8, 4) is 5.75 Å². The summed E-state index contributed by atoms with van der Waals surface area (Å²) in [5, 5.41) is 4.71. The first kappa shape index (κ1) is 20.3. The van der Waals surface area contributed by atoms with Crippen molar-refractivity contribution < 1.29 is 14.3 Å². The Bertz CT molecular complexity index is 1200. The number of carbonyl (C=O) groups is 1. The first-order valence-electron chi connectivity index (χ1n) is 8.82. The number of fused-ring (bicyclic) bond motifs is 1. The number of rotatable bonds is 6. The zero-order chi connectivity index (χ0) is 21.0. The van der Waals surface area contributed by atoms with Crippen molar-refractivity contribution in [3.63, 3.8) is 0 Å². The highest BCUT2D eigenvalue weighted by molar-refractivity contribution is 6.30. The SMILES string of the molecule is CCOC(=O)[C@@H](C)Oc1ccc(Cl)cc1C=Nn1c(=O)[nH]c2ccccc2c1=O. The van der Waals surface area contributed by atoms with Crippen LogP contribution < -0.4 is 16.0 Å². The predicted molar refractivity (Wildman–Crippen MR) is 110 cm³/mol. The number of ether oxygens (including phenoxy) is 2. The molecular formula is C20H18ClN3O5. The molecule has 29 heavy (non-hydrogen) atoms. The number of nitrogens with one attached hydrogen (secondary N) is 1. The van der Waals surface area contributed by atoms with Crippen LogP contribution in [0, 0.1) is 0 Å². The van der Waals surface area contributed by atoms with Crippen molar-refractivity contribution in [1.82, 2.24) is 9.66 Å². The molecule has 0 radical (unpaired) electrons. The van der Waals surface area contributed by atoms with Gasteiger partial charge in [-0.3, -0.25) is 4.79 Å². The van der Waals surface area contributed by atoms with Gasteiger partial charge in [-0.2, -0.15) is 5.10 Å². The van der Waals surface area contributed by atoms with E-state index in [0.29, 0.717) is 31.9 Å². The summed E-state index contributed by atoms with van der Waals surface area (Å²) in [5.41, 5.74) is -0.448. The number of aromatic amines is 1. The van der Waals surface area contributed by atoms with E-state index in [9.17, 15) is 14.4 Å².